The highest BCUT2D eigenvalue weighted by Gasteiger charge is 2.31. The number of carbonyl (C=O) groups excluding carboxylic acids is 1. The van der Waals surface area contributed by atoms with Gasteiger partial charge in [-0.25, -0.2) is 0 Å². The summed E-state index contributed by atoms with van der Waals surface area (Å²) in [6.07, 6.45) is -3.01. The number of benzene rings is 1. The van der Waals surface area contributed by atoms with Gasteiger partial charge in [0, 0.05) is 19.5 Å². The molecule has 132 valence electrons. The van der Waals surface area contributed by atoms with Crippen molar-refractivity contribution in [2.45, 2.75) is 38.3 Å². The standard InChI is InChI=1S/C17H20F3NO3/c1-11(12-4-6-14(7-5-12)17(18,19)20)9-15(22)21-8-2-3-13(10-21)16(23)24/h4-7,11,13H,2-3,8-10H2,1H3,(H,23,24)/t11?,13-/m0/s1. The summed E-state index contributed by atoms with van der Waals surface area (Å²) in [7, 11) is 0. The van der Waals surface area contributed by atoms with Gasteiger partial charge < -0.3 is 10.0 Å². The molecule has 2 atom stereocenters. The minimum atomic E-state index is -4.38. The SMILES string of the molecule is CC(CC(=O)N1CCC[C@H](C(=O)O)C1)c1ccc(C(F)(F)F)cc1. The van der Waals surface area contributed by atoms with Crippen molar-refractivity contribution >= 4 is 11.9 Å². The normalized spacial score (nSPS) is 19.8. The third-order valence-corrected chi connectivity index (χ3v) is 4.41. The summed E-state index contributed by atoms with van der Waals surface area (Å²) in [4.78, 5) is 24.9. The molecule has 0 aromatic heterocycles. The molecule has 1 N–H and O–H groups in total. The molecule has 0 radical (unpaired) electrons. The lowest BCUT2D eigenvalue weighted by Gasteiger charge is -2.31. The van der Waals surface area contributed by atoms with Crippen LogP contribution < -0.4 is 0 Å². The lowest BCUT2D eigenvalue weighted by molar-refractivity contribution is -0.145. The molecule has 0 spiro atoms. The van der Waals surface area contributed by atoms with Crippen LogP contribution in [0.5, 0.6) is 0 Å². The Morgan fingerprint density at radius 2 is 1.92 bits per heavy atom. The number of carboxylic acids is 1. The fourth-order valence-electron chi connectivity index (χ4n) is 2.91. The molecule has 7 heteroatoms. The Hall–Kier alpha value is -2.05. The summed E-state index contributed by atoms with van der Waals surface area (Å²) in [5.41, 5.74) is -0.0618. The van der Waals surface area contributed by atoms with Crippen LogP contribution in [-0.2, 0) is 15.8 Å². The van der Waals surface area contributed by atoms with Crippen LogP contribution in [0, 0.1) is 5.92 Å². The van der Waals surface area contributed by atoms with Crippen LogP contribution >= 0.6 is 0 Å². The Balaban J connectivity index is 1.97. The highest BCUT2D eigenvalue weighted by Crippen LogP contribution is 2.31. The average molecular weight is 343 g/mol. The molecule has 1 unspecified atom stereocenters. The van der Waals surface area contributed by atoms with Crippen molar-refractivity contribution in [3.8, 4) is 0 Å². The van der Waals surface area contributed by atoms with E-state index in [1.54, 1.807) is 11.8 Å². The molecule has 0 aliphatic carbocycles. The summed E-state index contributed by atoms with van der Waals surface area (Å²) >= 11 is 0. The third-order valence-electron chi connectivity index (χ3n) is 4.41. The van der Waals surface area contributed by atoms with Crippen molar-refractivity contribution < 1.29 is 27.9 Å². The Morgan fingerprint density at radius 1 is 1.29 bits per heavy atom. The number of carbonyl (C=O) groups is 2. The van der Waals surface area contributed by atoms with Crippen LogP contribution in [0.4, 0.5) is 13.2 Å². The van der Waals surface area contributed by atoms with Crippen molar-refractivity contribution in [1.82, 2.24) is 4.90 Å². The van der Waals surface area contributed by atoms with Crippen molar-refractivity contribution in [2.75, 3.05) is 13.1 Å². The van der Waals surface area contributed by atoms with E-state index in [0.29, 0.717) is 24.9 Å². The fraction of sp³-hybridized carbons (Fsp3) is 0.529. The topological polar surface area (TPSA) is 57.6 Å². The Kier molecular flexibility index (Phi) is 5.51. The monoisotopic (exact) mass is 343 g/mol. The molecular weight excluding hydrogens is 323 g/mol. The molecule has 0 bridgehead atoms. The molecule has 1 aliphatic rings. The van der Waals surface area contributed by atoms with Gasteiger partial charge in [-0.2, -0.15) is 13.2 Å². The van der Waals surface area contributed by atoms with Gasteiger partial charge in [0.15, 0.2) is 0 Å². The number of alkyl halides is 3. The highest BCUT2D eigenvalue weighted by molar-refractivity contribution is 5.78. The number of rotatable bonds is 4. The van der Waals surface area contributed by atoms with E-state index >= 15 is 0 Å². The van der Waals surface area contributed by atoms with E-state index in [9.17, 15) is 22.8 Å². The summed E-state index contributed by atoms with van der Waals surface area (Å²) in [5.74, 6) is -1.83. The summed E-state index contributed by atoms with van der Waals surface area (Å²) < 4.78 is 37.7. The molecule has 24 heavy (non-hydrogen) atoms. The van der Waals surface area contributed by atoms with E-state index in [1.807, 2.05) is 0 Å². The van der Waals surface area contributed by atoms with Gasteiger partial charge in [-0.3, -0.25) is 9.59 Å². The maximum absolute atomic E-state index is 12.6. The van der Waals surface area contributed by atoms with Gasteiger partial charge in [-0.1, -0.05) is 19.1 Å². The molecule has 1 aromatic carbocycles. The molecule has 1 aromatic rings. The molecule has 1 amide bonds. The fourth-order valence-corrected chi connectivity index (χ4v) is 2.91. The number of halogens is 3. The second kappa shape index (κ2) is 7.23. The first-order chi connectivity index (χ1) is 11.2. The van der Waals surface area contributed by atoms with Crippen LogP contribution in [0.1, 0.15) is 43.2 Å². The van der Waals surface area contributed by atoms with E-state index in [1.165, 1.54) is 12.1 Å². The number of hydrogen-bond donors (Lipinski definition) is 1. The molecule has 2 rings (SSSR count). The van der Waals surface area contributed by atoms with Crippen LogP contribution in [0.2, 0.25) is 0 Å². The first kappa shape index (κ1) is 18.3. The van der Waals surface area contributed by atoms with E-state index in [4.69, 9.17) is 5.11 Å². The van der Waals surface area contributed by atoms with E-state index in [0.717, 1.165) is 12.1 Å². The van der Waals surface area contributed by atoms with Crippen LogP contribution in [0.25, 0.3) is 0 Å². The number of hydrogen-bond acceptors (Lipinski definition) is 2. The zero-order valence-electron chi connectivity index (χ0n) is 13.3. The summed E-state index contributed by atoms with van der Waals surface area (Å²) in [6, 6.07) is 4.80. The second-order valence-corrected chi connectivity index (χ2v) is 6.24. The minimum absolute atomic E-state index is 0.150. The van der Waals surface area contributed by atoms with Gasteiger partial charge in [-0.05, 0) is 36.5 Å². The lowest BCUT2D eigenvalue weighted by atomic mass is 9.94. The smallest absolute Gasteiger partial charge is 0.416 e. The molecular formula is C17H20F3NO3. The number of amides is 1. The van der Waals surface area contributed by atoms with Crippen LogP contribution in [-0.4, -0.2) is 35.0 Å². The second-order valence-electron chi connectivity index (χ2n) is 6.24. The minimum Gasteiger partial charge on any atom is -0.481 e. The molecule has 1 heterocycles. The zero-order chi connectivity index (χ0) is 17.9. The average Bonchev–Trinajstić information content (AvgIpc) is 2.54. The van der Waals surface area contributed by atoms with Crippen molar-refractivity contribution in [2.24, 2.45) is 5.92 Å². The number of piperidine rings is 1. The molecule has 1 saturated heterocycles. The van der Waals surface area contributed by atoms with E-state index < -0.39 is 23.6 Å². The van der Waals surface area contributed by atoms with Crippen LogP contribution in [0.15, 0.2) is 24.3 Å². The predicted molar refractivity (Wildman–Crippen MR) is 81.4 cm³/mol. The first-order valence-electron chi connectivity index (χ1n) is 7.86. The Morgan fingerprint density at radius 3 is 2.46 bits per heavy atom. The molecule has 1 fully saturated rings. The lowest BCUT2D eigenvalue weighted by Crippen LogP contribution is -2.42. The maximum Gasteiger partial charge on any atom is 0.416 e. The molecule has 4 nitrogen and oxygen atoms in total. The maximum atomic E-state index is 12.6. The van der Waals surface area contributed by atoms with Gasteiger partial charge in [0.1, 0.15) is 0 Å². The van der Waals surface area contributed by atoms with E-state index in [2.05, 4.69) is 0 Å². The molecule has 1 aliphatic heterocycles. The molecule has 0 saturated carbocycles. The van der Waals surface area contributed by atoms with Crippen molar-refractivity contribution in [1.29, 1.82) is 0 Å². The quantitative estimate of drug-likeness (QED) is 0.910. The predicted octanol–water partition coefficient (Wildman–Crippen LogP) is 3.52. The largest absolute Gasteiger partial charge is 0.481 e. The number of carboxylic acid groups (broad SMARTS) is 1. The number of nitrogens with zero attached hydrogens (tertiary/aromatic N) is 1. The third kappa shape index (κ3) is 4.49. The van der Waals surface area contributed by atoms with E-state index in [-0.39, 0.29) is 24.8 Å². The summed E-state index contributed by atoms with van der Waals surface area (Å²) in [6.45, 7) is 2.51. The number of aliphatic carboxylic acids is 1. The first-order valence-corrected chi connectivity index (χ1v) is 7.86. The van der Waals surface area contributed by atoms with Gasteiger partial charge in [-0.15, -0.1) is 0 Å². The van der Waals surface area contributed by atoms with Gasteiger partial charge in [0.2, 0.25) is 5.91 Å². The highest BCUT2D eigenvalue weighted by atomic mass is 19.4. The summed E-state index contributed by atoms with van der Waals surface area (Å²) in [5, 5.41) is 9.06. The van der Waals surface area contributed by atoms with Gasteiger partial charge in [0.25, 0.3) is 0 Å². The number of likely N-dealkylation sites (tertiary alicyclic amines) is 1. The Labute approximate surface area is 138 Å². The zero-order valence-corrected chi connectivity index (χ0v) is 13.3. The van der Waals surface area contributed by atoms with Gasteiger partial charge >= 0.3 is 12.1 Å². The van der Waals surface area contributed by atoms with Crippen molar-refractivity contribution in [3.63, 3.8) is 0 Å². The van der Waals surface area contributed by atoms with Crippen LogP contribution in [0.3, 0.4) is 0 Å². The van der Waals surface area contributed by atoms with Gasteiger partial charge in [0.05, 0.1) is 11.5 Å². The Bertz CT molecular complexity index is 598. The van der Waals surface area contributed by atoms with Crippen molar-refractivity contribution in [3.05, 3.63) is 35.4 Å².